The van der Waals surface area contributed by atoms with Crippen LogP contribution in [0.2, 0.25) is 0 Å². The lowest BCUT2D eigenvalue weighted by molar-refractivity contribution is 0.240. The van der Waals surface area contributed by atoms with Gasteiger partial charge < -0.3 is 14.8 Å². The molecule has 5 rings (SSSR count). The molecule has 3 aromatic carbocycles. The third-order valence-corrected chi connectivity index (χ3v) is 5.80. The molecular formula is C26H24FNO2. The lowest BCUT2D eigenvalue weighted by Gasteiger charge is -2.37. The number of allylic oxidation sites excluding steroid dienone is 1. The highest BCUT2D eigenvalue weighted by Crippen LogP contribution is 2.53. The first-order valence-electron chi connectivity index (χ1n) is 10.1. The largest absolute Gasteiger partial charge is 0.496 e. The van der Waals surface area contributed by atoms with Crippen LogP contribution >= 0.6 is 0 Å². The van der Waals surface area contributed by atoms with Crippen LogP contribution in [0.25, 0.3) is 16.7 Å². The van der Waals surface area contributed by atoms with Crippen LogP contribution in [0, 0.1) is 5.82 Å². The Morgan fingerprint density at radius 2 is 1.80 bits per heavy atom. The fraction of sp³-hybridized carbons (Fsp3) is 0.231. The zero-order valence-corrected chi connectivity index (χ0v) is 17.5. The number of anilines is 1. The first kappa shape index (κ1) is 18.7. The van der Waals surface area contributed by atoms with Gasteiger partial charge in [0.05, 0.1) is 18.2 Å². The number of halogens is 1. The predicted molar refractivity (Wildman–Crippen MR) is 119 cm³/mol. The van der Waals surface area contributed by atoms with Crippen LogP contribution in [0.4, 0.5) is 10.1 Å². The maximum absolute atomic E-state index is 14.3. The predicted octanol–water partition coefficient (Wildman–Crippen LogP) is 6.59. The minimum atomic E-state index is -0.377. The molecule has 0 amide bonds. The Morgan fingerprint density at radius 1 is 1.03 bits per heavy atom. The van der Waals surface area contributed by atoms with Crippen LogP contribution in [0.5, 0.6) is 11.5 Å². The number of rotatable bonds is 2. The maximum atomic E-state index is 14.3. The van der Waals surface area contributed by atoms with E-state index in [1.54, 1.807) is 7.11 Å². The van der Waals surface area contributed by atoms with Gasteiger partial charge in [-0.15, -0.1) is 0 Å². The standard InChI is InChI=1S/C26H24FNO2/c1-15-14-26(2,3)28-19-11-10-18-23-20(29-4)12-17(27)13-21(23)30-25(24(18)22(15)19)16-8-6-5-7-9-16/h5-14,25,28H,1-4H3. The normalized spacial score (nSPS) is 18.2. The molecule has 0 aliphatic carbocycles. The average molecular weight is 401 g/mol. The first-order chi connectivity index (χ1) is 14.4. The summed E-state index contributed by atoms with van der Waals surface area (Å²) in [5.41, 5.74) is 7.18. The third kappa shape index (κ3) is 2.86. The minimum Gasteiger partial charge on any atom is -0.496 e. The molecule has 0 radical (unpaired) electrons. The number of methoxy groups -OCH3 is 1. The number of hydrogen-bond acceptors (Lipinski definition) is 3. The van der Waals surface area contributed by atoms with Gasteiger partial charge in [-0.05, 0) is 43.5 Å². The molecule has 0 spiro atoms. The fourth-order valence-corrected chi connectivity index (χ4v) is 4.76. The van der Waals surface area contributed by atoms with Gasteiger partial charge in [0.15, 0.2) is 6.10 Å². The summed E-state index contributed by atoms with van der Waals surface area (Å²) >= 11 is 0. The van der Waals surface area contributed by atoms with E-state index >= 15 is 0 Å². The number of fused-ring (bicyclic) bond motifs is 5. The van der Waals surface area contributed by atoms with E-state index in [1.165, 1.54) is 17.7 Å². The van der Waals surface area contributed by atoms with Gasteiger partial charge in [0.2, 0.25) is 0 Å². The van der Waals surface area contributed by atoms with E-state index in [9.17, 15) is 4.39 Å². The van der Waals surface area contributed by atoms with Gasteiger partial charge in [-0.3, -0.25) is 0 Å². The summed E-state index contributed by atoms with van der Waals surface area (Å²) < 4.78 is 26.3. The molecule has 1 unspecified atom stereocenters. The van der Waals surface area contributed by atoms with Crippen LogP contribution < -0.4 is 14.8 Å². The van der Waals surface area contributed by atoms with Gasteiger partial charge in [0.25, 0.3) is 0 Å². The summed E-state index contributed by atoms with van der Waals surface area (Å²) in [6.45, 7) is 6.46. The topological polar surface area (TPSA) is 30.5 Å². The molecule has 4 heteroatoms. The Kier molecular flexibility index (Phi) is 4.14. The quantitative estimate of drug-likeness (QED) is 0.525. The summed E-state index contributed by atoms with van der Waals surface area (Å²) in [5.74, 6) is 0.598. The van der Waals surface area contributed by atoms with E-state index in [4.69, 9.17) is 9.47 Å². The van der Waals surface area contributed by atoms with Gasteiger partial charge in [0.1, 0.15) is 17.3 Å². The summed E-state index contributed by atoms with van der Waals surface area (Å²) in [7, 11) is 1.56. The zero-order valence-electron chi connectivity index (χ0n) is 17.5. The number of nitrogens with one attached hydrogen (secondary N) is 1. The van der Waals surface area contributed by atoms with Crippen LogP contribution in [-0.4, -0.2) is 12.6 Å². The van der Waals surface area contributed by atoms with Crippen molar-refractivity contribution in [3.8, 4) is 22.6 Å². The highest BCUT2D eigenvalue weighted by molar-refractivity contribution is 5.91. The summed E-state index contributed by atoms with van der Waals surface area (Å²) in [6.07, 6.45) is 1.90. The molecule has 0 saturated carbocycles. The smallest absolute Gasteiger partial charge is 0.150 e. The van der Waals surface area contributed by atoms with Gasteiger partial charge in [-0.2, -0.15) is 0 Å². The Bertz CT molecular complexity index is 1180. The van der Waals surface area contributed by atoms with Crippen molar-refractivity contribution < 1.29 is 13.9 Å². The van der Waals surface area contributed by atoms with Crippen molar-refractivity contribution in [3.05, 3.63) is 83.2 Å². The third-order valence-electron chi connectivity index (χ3n) is 5.80. The van der Waals surface area contributed by atoms with Crippen molar-refractivity contribution in [3.63, 3.8) is 0 Å². The summed E-state index contributed by atoms with van der Waals surface area (Å²) in [6, 6.07) is 17.1. The Labute approximate surface area is 176 Å². The Hall–Kier alpha value is -3.27. The average Bonchev–Trinajstić information content (AvgIpc) is 2.71. The highest BCUT2D eigenvalue weighted by atomic mass is 19.1. The van der Waals surface area contributed by atoms with Gasteiger partial charge in [-0.1, -0.05) is 42.5 Å². The second-order valence-electron chi connectivity index (χ2n) is 8.51. The summed E-state index contributed by atoms with van der Waals surface area (Å²) in [4.78, 5) is 0. The van der Waals surface area contributed by atoms with Crippen molar-refractivity contribution in [1.82, 2.24) is 0 Å². The zero-order chi connectivity index (χ0) is 21.0. The molecule has 1 N–H and O–H groups in total. The van der Waals surface area contributed by atoms with E-state index < -0.39 is 0 Å². The monoisotopic (exact) mass is 401 g/mol. The van der Waals surface area contributed by atoms with E-state index in [-0.39, 0.29) is 17.5 Å². The molecule has 0 aromatic heterocycles. The Morgan fingerprint density at radius 3 is 2.53 bits per heavy atom. The van der Waals surface area contributed by atoms with Crippen LogP contribution in [0.1, 0.15) is 43.6 Å². The molecule has 152 valence electrons. The van der Waals surface area contributed by atoms with Crippen LogP contribution in [0.15, 0.2) is 60.7 Å². The van der Waals surface area contributed by atoms with E-state index in [2.05, 4.69) is 56.4 Å². The number of hydrogen-bond donors (Lipinski definition) is 1. The highest BCUT2D eigenvalue weighted by Gasteiger charge is 2.36. The molecule has 2 aliphatic rings. The lowest BCUT2D eigenvalue weighted by Crippen LogP contribution is -2.32. The minimum absolute atomic E-state index is 0.137. The first-order valence-corrected chi connectivity index (χ1v) is 10.1. The lowest BCUT2D eigenvalue weighted by atomic mass is 9.80. The molecule has 2 aliphatic heterocycles. The second kappa shape index (κ2) is 6.63. The van der Waals surface area contributed by atoms with Crippen molar-refractivity contribution >= 4 is 11.3 Å². The van der Waals surface area contributed by atoms with Gasteiger partial charge in [-0.25, -0.2) is 4.39 Å². The molecule has 3 nitrogen and oxygen atoms in total. The van der Waals surface area contributed by atoms with Crippen molar-refractivity contribution in [2.45, 2.75) is 32.4 Å². The van der Waals surface area contributed by atoms with Crippen LogP contribution in [-0.2, 0) is 0 Å². The molecule has 30 heavy (non-hydrogen) atoms. The van der Waals surface area contributed by atoms with E-state index in [1.807, 2.05) is 18.2 Å². The molecule has 0 fully saturated rings. The van der Waals surface area contributed by atoms with Crippen LogP contribution in [0.3, 0.4) is 0 Å². The number of benzene rings is 3. The van der Waals surface area contributed by atoms with Crippen molar-refractivity contribution in [2.24, 2.45) is 0 Å². The number of ether oxygens (including phenoxy) is 2. The molecule has 3 aromatic rings. The SMILES string of the molecule is COc1cc(F)cc2c1-c1ccc3c(c1C(c1ccccc1)O2)C(C)=CC(C)(C)N3. The summed E-state index contributed by atoms with van der Waals surface area (Å²) in [5, 5.41) is 3.63. The second-order valence-corrected chi connectivity index (χ2v) is 8.51. The molecule has 0 bridgehead atoms. The van der Waals surface area contributed by atoms with E-state index in [0.717, 1.165) is 33.5 Å². The Balaban J connectivity index is 1.85. The van der Waals surface area contributed by atoms with E-state index in [0.29, 0.717) is 11.5 Å². The fourth-order valence-electron chi connectivity index (χ4n) is 4.76. The molecule has 0 saturated heterocycles. The van der Waals surface area contributed by atoms with Crippen molar-refractivity contribution in [1.29, 1.82) is 0 Å². The van der Waals surface area contributed by atoms with Gasteiger partial charge >= 0.3 is 0 Å². The maximum Gasteiger partial charge on any atom is 0.150 e. The molecule has 1 atom stereocenters. The van der Waals surface area contributed by atoms with Gasteiger partial charge in [0, 0.05) is 28.9 Å². The molecule has 2 heterocycles. The van der Waals surface area contributed by atoms with Crippen molar-refractivity contribution in [2.75, 3.05) is 12.4 Å². The molecular weight excluding hydrogens is 377 g/mol.